The Morgan fingerprint density at radius 3 is 2.24 bits per heavy atom. The van der Waals surface area contributed by atoms with Crippen molar-refractivity contribution in [2.75, 3.05) is 19.7 Å². The number of rotatable bonds is 7. The van der Waals surface area contributed by atoms with E-state index >= 15 is 0 Å². The van der Waals surface area contributed by atoms with Crippen molar-refractivity contribution in [1.82, 2.24) is 10.6 Å². The first-order valence-electron chi connectivity index (χ1n) is 10.8. The minimum atomic E-state index is -1.65. The summed E-state index contributed by atoms with van der Waals surface area (Å²) in [7, 11) is 0. The standard InChI is InChI=1S/C26H26N2O5/c29-23-22(33-17-26(23,32)16-28-24(30)19-11-5-2-6-12-19)15-27-25(31)21-14-8-7-13-20(21)18-9-3-1-4-10-18/h1-14,22-23,29,32H,15-17H2,(H,27,31)(H,28,30)/t22-,23-,26+/m1/s1. The van der Waals surface area contributed by atoms with Gasteiger partial charge in [-0.2, -0.15) is 0 Å². The van der Waals surface area contributed by atoms with Gasteiger partial charge < -0.3 is 25.6 Å². The van der Waals surface area contributed by atoms with Gasteiger partial charge in [0.25, 0.3) is 11.8 Å². The molecule has 4 N–H and O–H groups in total. The number of aliphatic hydroxyl groups is 2. The maximum atomic E-state index is 12.9. The van der Waals surface area contributed by atoms with Crippen LogP contribution in [0.15, 0.2) is 84.9 Å². The summed E-state index contributed by atoms with van der Waals surface area (Å²) >= 11 is 0. The molecule has 3 aromatic carbocycles. The van der Waals surface area contributed by atoms with Gasteiger partial charge in [0.1, 0.15) is 17.8 Å². The third-order valence-electron chi connectivity index (χ3n) is 5.76. The Morgan fingerprint density at radius 2 is 1.52 bits per heavy atom. The fourth-order valence-corrected chi connectivity index (χ4v) is 3.86. The Labute approximate surface area is 192 Å². The zero-order valence-electron chi connectivity index (χ0n) is 18.0. The average Bonchev–Trinajstić information content (AvgIpc) is 3.15. The number of ether oxygens (including phenoxy) is 1. The largest absolute Gasteiger partial charge is 0.387 e. The molecule has 7 heteroatoms. The van der Waals surface area contributed by atoms with Crippen LogP contribution in [0.3, 0.4) is 0 Å². The highest BCUT2D eigenvalue weighted by atomic mass is 16.5. The number of hydrogen-bond acceptors (Lipinski definition) is 5. The van der Waals surface area contributed by atoms with E-state index in [-0.39, 0.29) is 31.5 Å². The molecule has 0 spiro atoms. The van der Waals surface area contributed by atoms with Gasteiger partial charge in [0.05, 0.1) is 13.2 Å². The maximum absolute atomic E-state index is 12.9. The van der Waals surface area contributed by atoms with Crippen molar-refractivity contribution in [3.8, 4) is 11.1 Å². The zero-order valence-corrected chi connectivity index (χ0v) is 18.0. The van der Waals surface area contributed by atoms with Crippen LogP contribution in [-0.4, -0.2) is 59.5 Å². The third-order valence-corrected chi connectivity index (χ3v) is 5.76. The highest BCUT2D eigenvalue weighted by Gasteiger charge is 2.48. The van der Waals surface area contributed by atoms with Crippen LogP contribution < -0.4 is 10.6 Å². The number of nitrogens with one attached hydrogen (secondary N) is 2. The van der Waals surface area contributed by atoms with Gasteiger partial charge in [-0.25, -0.2) is 0 Å². The second kappa shape index (κ2) is 9.95. The SMILES string of the molecule is O=C(NC[C@]1(O)CO[C@H](CNC(=O)c2ccccc2-c2ccccc2)[C@H]1O)c1ccccc1. The number of aliphatic hydroxyl groups excluding tert-OH is 1. The normalized spacial score (nSPS) is 22.0. The molecule has 1 saturated heterocycles. The Hall–Kier alpha value is -3.52. The van der Waals surface area contributed by atoms with E-state index in [2.05, 4.69) is 10.6 Å². The molecule has 0 aromatic heterocycles. The van der Waals surface area contributed by atoms with Gasteiger partial charge in [-0.1, -0.05) is 66.7 Å². The highest BCUT2D eigenvalue weighted by molar-refractivity contribution is 6.00. The molecule has 0 bridgehead atoms. The van der Waals surface area contributed by atoms with Gasteiger partial charge >= 0.3 is 0 Å². The minimum Gasteiger partial charge on any atom is -0.387 e. The molecule has 3 atom stereocenters. The first kappa shape index (κ1) is 22.7. The molecule has 7 nitrogen and oxygen atoms in total. The minimum absolute atomic E-state index is 0.0120. The Balaban J connectivity index is 1.35. The Bertz CT molecular complexity index is 1110. The molecule has 3 aromatic rings. The van der Waals surface area contributed by atoms with Crippen molar-refractivity contribution in [2.45, 2.75) is 17.8 Å². The summed E-state index contributed by atoms with van der Waals surface area (Å²) in [6, 6.07) is 25.5. The van der Waals surface area contributed by atoms with E-state index < -0.39 is 17.8 Å². The van der Waals surface area contributed by atoms with Gasteiger partial charge in [0.15, 0.2) is 0 Å². The van der Waals surface area contributed by atoms with E-state index in [0.29, 0.717) is 11.1 Å². The van der Waals surface area contributed by atoms with Crippen LogP contribution >= 0.6 is 0 Å². The Morgan fingerprint density at radius 1 is 0.879 bits per heavy atom. The highest BCUT2D eigenvalue weighted by Crippen LogP contribution is 2.26. The second-order valence-corrected chi connectivity index (χ2v) is 8.07. The third kappa shape index (κ3) is 5.12. The van der Waals surface area contributed by atoms with Crippen LogP contribution in [-0.2, 0) is 4.74 Å². The molecule has 4 rings (SSSR count). The van der Waals surface area contributed by atoms with Crippen LogP contribution in [0.2, 0.25) is 0 Å². The van der Waals surface area contributed by atoms with Crippen LogP contribution in [0.4, 0.5) is 0 Å². The number of hydrogen-bond donors (Lipinski definition) is 4. The maximum Gasteiger partial charge on any atom is 0.252 e. The molecule has 0 radical (unpaired) electrons. The van der Waals surface area contributed by atoms with E-state index in [4.69, 9.17) is 4.74 Å². The van der Waals surface area contributed by atoms with Crippen LogP contribution in [0, 0.1) is 0 Å². The molecule has 0 unspecified atom stereocenters. The van der Waals surface area contributed by atoms with Gasteiger partial charge in [-0.3, -0.25) is 9.59 Å². The number of amides is 2. The molecule has 33 heavy (non-hydrogen) atoms. The van der Waals surface area contributed by atoms with Gasteiger partial charge in [-0.15, -0.1) is 0 Å². The predicted octanol–water partition coefficient (Wildman–Crippen LogP) is 2.00. The summed E-state index contributed by atoms with van der Waals surface area (Å²) < 4.78 is 5.55. The van der Waals surface area contributed by atoms with Crippen molar-refractivity contribution in [3.05, 3.63) is 96.1 Å². The number of carbonyl (C=O) groups excluding carboxylic acids is 2. The van der Waals surface area contributed by atoms with Crippen molar-refractivity contribution in [1.29, 1.82) is 0 Å². The fraction of sp³-hybridized carbons (Fsp3) is 0.231. The lowest BCUT2D eigenvalue weighted by molar-refractivity contribution is -0.0464. The predicted molar refractivity (Wildman–Crippen MR) is 124 cm³/mol. The lowest BCUT2D eigenvalue weighted by Gasteiger charge is -2.26. The molecular formula is C26H26N2O5. The Kier molecular flexibility index (Phi) is 6.84. The summed E-state index contributed by atoms with van der Waals surface area (Å²) in [5.41, 5.74) is 1.02. The van der Waals surface area contributed by atoms with Crippen molar-refractivity contribution < 1.29 is 24.5 Å². The number of carbonyl (C=O) groups is 2. The molecule has 1 aliphatic heterocycles. The topological polar surface area (TPSA) is 108 Å². The average molecular weight is 447 g/mol. The van der Waals surface area contributed by atoms with Crippen molar-refractivity contribution >= 4 is 11.8 Å². The smallest absolute Gasteiger partial charge is 0.252 e. The number of benzene rings is 3. The summed E-state index contributed by atoms with van der Waals surface area (Å²) in [6.07, 6.45) is -2.09. The van der Waals surface area contributed by atoms with Crippen LogP contribution in [0.25, 0.3) is 11.1 Å². The van der Waals surface area contributed by atoms with Crippen LogP contribution in [0.1, 0.15) is 20.7 Å². The summed E-state index contributed by atoms with van der Waals surface area (Å²) in [4.78, 5) is 25.1. The van der Waals surface area contributed by atoms with Gasteiger partial charge in [0.2, 0.25) is 0 Å². The zero-order chi connectivity index (χ0) is 23.3. The van der Waals surface area contributed by atoms with Crippen molar-refractivity contribution in [3.63, 3.8) is 0 Å². The van der Waals surface area contributed by atoms with Gasteiger partial charge in [-0.05, 0) is 29.3 Å². The summed E-state index contributed by atoms with van der Waals surface area (Å²) in [5, 5.41) is 26.8. The molecule has 0 saturated carbocycles. The molecule has 1 aliphatic rings. The molecule has 1 heterocycles. The second-order valence-electron chi connectivity index (χ2n) is 8.07. The van der Waals surface area contributed by atoms with Gasteiger partial charge in [0, 0.05) is 17.7 Å². The lowest BCUT2D eigenvalue weighted by Crippen LogP contribution is -2.53. The monoisotopic (exact) mass is 446 g/mol. The quantitative estimate of drug-likeness (QED) is 0.444. The molecule has 0 aliphatic carbocycles. The van der Waals surface area contributed by atoms with E-state index in [1.165, 1.54) is 0 Å². The van der Waals surface area contributed by atoms with E-state index in [0.717, 1.165) is 11.1 Å². The first-order chi connectivity index (χ1) is 16.0. The van der Waals surface area contributed by atoms with E-state index in [1.807, 2.05) is 42.5 Å². The van der Waals surface area contributed by atoms with E-state index in [9.17, 15) is 19.8 Å². The van der Waals surface area contributed by atoms with Crippen LogP contribution in [0.5, 0.6) is 0 Å². The summed E-state index contributed by atoms with van der Waals surface area (Å²) in [6.45, 7) is -0.328. The summed E-state index contributed by atoms with van der Waals surface area (Å²) in [5.74, 6) is -0.663. The van der Waals surface area contributed by atoms with E-state index in [1.54, 1.807) is 42.5 Å². The molecule has 1 fully saturated rings. The first-order valence-corrected chi connectivity index (χ1v) is 10.8. The van der Waals surface area contributed by atoms with Crippen molar-refractivity contribution in [2.24, 2.45) is 0 Å². The molecular weight excluding hydrogens is 420 g/mol. The molecule has 2 amide bonds. The molecule has 170 valence electrons. The lowest BCUT2D eigenvalue weighted by atomic mass is 9.96. The fourth-order valence-electron chi connectivity index (χ4n) is 3.86.